The van der Waals surface area contributed by atoms with Crippen molar-refractivity contribution >= 4 is 23.8 Å². The molecule has 0 bridgehead atoms. The number of benzene rings is 2. The summed E-state index contributed by atoms with van der Waals surface area (Å²) in [6.45, 7) is 1.11. The average molecular weight is 543 g/mol. The summed E-state index contributed by atoms with van der Waals surface area (Å²) in [6, 6.07) is 15.9. The lowest BCUT2D eigenvalue weighted by atomic mass is 10.1. The number of halogens is 3. The van der Waals surface area contributed by atoms with Gasteiger partial charge in [0.1, 0.15) is 18.9 Å². The van der Waals surface area contributed by atoms with Gasteiger partial charge in [0.05, 0.1) is 6.54 Å². The number of ether oxygens (including phenoxy) is 2. The maximum Gasteiger partial charge on any atom is 0.405 e. The van der Waals surface area contributed by atoms with E-state index < -0.39 is 30.8 Å². The maximum absolute atomic E-state index is 12.6. The van der Waals surface area contributed by atoms with Crippen molar-refractivity contribution in [2.24, 2.45) is 0 Å². The van der Waals surface area contributed by atoms with Gasteiger partial charge in [0.15, 0.2) is 6.10 Å². The van der Waals surface area contributed by atoms with E-state index in [0.29, 0.717) is 18.7 Å². The third-order valence-corrected chi connectivity index (χ3v) is 6.29. The second-order valence-corrected chi connectivity index (χ2v) is 9.24. The number of urea groups is 1. The van der Waals surface area contributed by atoms with E-state index in [-0.39, 0.29) is 26.2 Å². The van der Waals surface area contributed by atoms with E-state index >= 15 is 0 Å². The van der Waals surface area contributed by atoms with Crippen molar-refractivity contribution in [3.8, 4) is 5.75 Å². The predicted octanol–water partition coefficient (Wildman–Crippen LogP) is 5.00. The fourth-order valence-corrected chi connectivity index (χ4v) is 4.26. The maximum atomic E-state index is 12.6. The highest BCUT2D eigenvalue weighted by Crippen LogP contribution is 2.16. The third kappa shape index (κ3) is 12.7. The molecule has 0 aliphatic heterocycles. The van der Waals surface area contributed by atoms with Crippen molar-refractivity contribution in [2.75, 3.05) is 38.6 Å². The zero-order valence-corrected chi connectivity index (χ0v) is 21.5. The first-order valence-corrected chi connectivity index (χ1v) is 13.1. The minimum Gasteiger partial charge on any atom is -0.492 e. The van der Waals surface area contributed by atoms with E-state index in [4.69, 9.17) is 9.47 Å². The fourth-order valence-electron chi connectivity index (χ4n) is 3.35. The second kappa shape index (κ2) is 16.0. The number of carbonyl (C=O) groups is 2. The summed E-state index contributed by atoms with van der Waals surface area (Å²) in [7, 11) is 0. The van der Waals surface area contributed by atoms with E-state index in [1.165, 1.54) is 10.5 Å². The van der Waals surface area contributed by atoms with Crippen LogP contribution in [0.1, 0.15) is 24.5 Å². The lowest BCUT2D eigenvalue weighted by molar-refractivity contribution is -0.150. The lowest BCUT2D eigenvalue weighted by Crippen LogP contribution is -2.45. The van der Waals surface area contributed by atoms with Crippen LogP contribution >= 0.6 is 11.8 Å². The molecule has 7 nitrogen and oxygen atoms in total. The molecule has 2 N–H and O–H groups in total. The molecule has 0 heterocycles. The van der Waals surface area contributed by atoms with Crippen molar-refractivity contribution in [1.82, 2.24) is 10.2 Å². The molecule has 0 saturated heterocycles. The summed E-state index contributed by atoms with van der Waals surface area (Å²) in [4.78, 5) is 24.9. The Kier molecular flexibility index (Phi) is 13.1. The van der Waals surface area contributed by atoms with E-state index in [1.54, 1.807) is 43.0 Å². The number of nitrogens with one attached hydrogen (secondary N) is 1. The van der Waals surface area contributed by atoms with E-state index in [0.717, 1.165) is 17.1 Å². The van der Waals surface area contributed by atoms with Gasteiger partial charge in [0, 0.05) is 25.3 Å². The predicted molar refractivity (Wildman–Crippen MR) is 137 cm³/mol. The Bertz CT molecular complexity index is 945. The van der Waals surface area contributed by atoms with Crippen LogP contribution in [-0.4, -0.2) is 72.9 Å². The van der Waals surface area contributed by atoms with Crippen LogP contribution in [0.2, 0.25) is 0 Å². The van der Waals surface area contributed by atoms with Crippen LogP contribution in [0.3, 0.4) is 0 Å². The molecule has 2 aromatic carbocycles. The molecule has 0 fully saturated rings. The van der Waals surface area contributed by atoms with Gasteiger partial charge >= 0.3 is 18.2 Å². The smallest absolute Gasteiger partial charge is 0.405 e. The molecule has 0 saturated carbocycles. The third-order valence-electron chi connectivity index (χ3n) is 5.17. The summed E-state index contributed by atoms with van der Waals surface area (Å²) < 4.78 is 48.6. The number of carbonyl (C=O) groups excluding carboxylic acids is 1. The zero-order valence-electron chi connectivity index (χ0n) is 20.7. The lowest BCUT2D eigenvalue weighted by Gasteiger charge is -2.23. The van der Waals surface area contributed by atoms with E-state index in [1.807, 2.05) is 35.6 Å². The number of aliphatic carboxylic acids is 1. The molecule has 1 atom stereocenters. The number of hydrogen-bond acceptors (Lipinski definition) is 5. The highest BCUT2D eigenvalue weighted by molar-refractivity contribution is 7.98. The Morgan fingerprint density at radius 2 is 1.76 bits per heavy atom. The Morgan fingerprint density at radius 3 is 2.38 bits per heavy atom. The van der Waals surface area contributed by atoms with Crippen LogP contribution in [0, 0.1) is 0 Å². The van der Waals surface area contributed by atoms with Gasteiger partial charge in [-0.05, 0) is 42.4 Å². The Labute approximate surface area is 219 Å². The zero-order chi connectivity index (χ0) is 27.1. The largest absolute Gasteiger partial charge is 0.492 e. The quantitative estimate of drug-likeness (QED) is 0.291. The molecule has 204 valence electrons. The topological polar surface area (TPSA) is 88.1 Å². The van der Waals surface area contributed by atoms with Gasteiger partial charge in [-0.2, -0.15) is 24.9 Å². The Hall–Kier alpha value is -2.92. The number of rotatable bonds is 16. The number of thioether (sulfide) groups is 1. The monoisotopic (exact) mass is 542 g/mol. The number of carboxylic acid groups (broad SMARTS) is 1. The Morgan fingerprint density at radius 1 is 1.05 bits per heavy atom. The van der Waals surface area contributed by atoms with Crippen molar-refractivity contribution in [3.05, 3.63) is 65.7 Å². The van der Waals surface area contributed by atoms with Crippen LogP contribution in [0.4, 0.5) is 18.0 Å². The standard InChI is InChI=1S/C26H33F3N2O5S/c1-2-35-23(24(32)33)17-20-9-11-22(12-10-20)36-15-14-31(25(34)30-19-26(27,28)29)13-6-16-37-18-21-7-4-3-5-8-21/h3-5,7-12,23H,2,6,13-19H2,1H3,(H,30,34)(H,32,33). The number of amides is 2. The summed E-state index contributed by atoms with van der Waals surface area (Å²) in [5.41, 5.74) is 1.94. The highest BCUT2D eigenvalue weighted by Gasteiger charge is 2.28. The summed E-state index contributed by atoms with van der Waals surface area (Å²) in [5, 5.41) is 11.1. The fraction of sp³-hybridized carbons (Fsp3) is 0.462. The number of carboxylic acids is 1. The van der Waals surface area contributed by atoms with Crippen LogP contribution < -0.4 is 10.1 Å². The Balaban J connectivity index is 1.83. The molecule has 0 aliphatic rings. The van der Waals surface area contributed by atoms with Gasteiger partial charge in [-0.3, -0.25) is 0 Å². The molecule has 2 rings (SSSR count). The van der Waals surface area contributed by atoms with Crippen molar-refractivity contribution in [2.45, 2.75) is 37.8 Å². The van der Waals surface area contributed by atoms with Gasteiger partial charge in [-0.25, -0.2) is 9.59 Å². The van der Waals surface area contributed by atoms with Crippen LogP contribution in [-0.2, 0) is 21.7 Å². The minimum absolute atomic E-state index is 0.0899. The van der Waals surface area contributed by atoms with Crippen LogP contribution in [0.15, 0.2) is 54.6 Å². The number of hydrogen-bond donors (Lipinski definition) is 2. The summed E-state index contributed by atoms with van der Waals surface area (Å²) >= 11 is 1.69. The van der Waals surface area contributed by atoms with Crippen LogP contribution in [0.25, 0.3) is 0 Å². The van der Waals surface area contributed by atoms with Crippen molar-refractivity contribution in [3.63, 3.8) is 0 Å². The van der Waals surface area contributed by atoms with E-state index in [9.17, 15) is 27.9 Å². The average Bonchev–Trinajstić information content (AvgIpc) is 2.86. The van der Waals surface area contributed by atoms with Crippen molar-refractivity contribution < 1.29 is 37.3 Å². The summed E-state index contributed by atoms with van der Waals surface area (Å²) in [6.07, 6.45) is -4.60. The van der Waals surface area contributed by atoms with Gasteiger partial charge in [0.2, 0.25) is 0 Å². The molecular weight excluding hydrogens is 509 g/mol. The molecule has 0 aliphatic carbocycles. The molecule has 0 spiro atoms. The normalized spacial score (nSPS) is 12.1. The summed E-state index contributed by atoms with van der Waals surface area (Å²) in [5.74, 6) is 1.03. The first-order chi connectivity index (χ1) is 17.7. The van der Waals surface area contributed by atoms with Crippen molar-refractivity contribution in [1.29, 1.82) is 0 Å². The van der Waals surface area contributed by atoms with Crippen LogP contribution in [0.5, 0.6) is 5.75 Å². The number of alkyl halides is 3. The van der Waals surface area contributed by atoms with E-state index in [2.05, 4.69) is 0 Å². The van der Waals surface area contributed by atoms with Gasteiger partial charge in [0.25, 0.3) is 0 Å². The highest BCUT2D eigenvalue weighted by atomic mass is 32.2. The second-order valence-electron chi connectivity index (χ2n) is 8.13. The van der Waals surface area contributed by atoms with Gasteiger partial charge in [-0.15, -0.1) is 0 Å². The molecule has 0 radical (unpaired) electrons. The molecule has 11 heteroatoms. The van der Waals surface area contributed by atoms with Gasteiger partial charge in [-0.1, -0.05) is 42.5 Å². The molecule has 1 unspecified atom stereocenters. The molecular formula is C26H33F3N2O5S. The molecule has 37 heavy (non-hydrogen) atoms. The molecule has 2 aromatic rings. The first-order valence-electron chi connectivity index (χ1n) is 11.9. The van der Waals surface area contributed by atoms with Gasteiger partial charge < -0.3 is 24.8 Å². The molecule has 0 aromatic heterocycles. The molecule has 2 amide bonds. The first kappa shape index (κ1) is 30.3. The SMILES string of the molecule is CCOC(Cc1ccc(OCCN(CCCSCc2ccccc2)C(=O)NCC(F)(F)F)cc1)C(=O)O. The number of nitrogens with zero attached hydrogens (tertiary/aromatic N) is 1. The minimum atomic E-state index is -4.49.